The molecule has 2 saturated heterocycles. The first kappa shape index (κ1) is 25.7. The largest absolute Gasteiger partial charge is 0.480 e. The van der Waals surface area contributed by atoms with Crippen LogP contribution in [0.3, 0.4) is 0 Å². The van der Waals surface area contributed by atoms with Gasteiger partial charge in [0.15, 0.2) is 6.04 Å². The summed E-state index contributed by atoms with van der Waals surface area (Å²) in [5.41, 5.74) is 3.93. The summed E-state index contributed by atoms with van der Waals surface area (Å²) in [6, 6.07) is 34.5. The summed E-state index contributed by atoms with van der Waals surface area (Å²) in [4.78, 5) is 42.4. The fourth-order valence-corrected chi connectivity index (χ4v) is 6.40. The number of amides is 2. The number of hydrogen-bond acceptors (Lipinski definition) is 5. The van der Waals surface area contributed by atoms with E-state index < -0.39 is 18.1 Å². The van der Waals surface area contributed by atoms with Crippen LogP contribution in [0.1, 0.15) is 12.8 Å². The second-order valence-corrected chi connectivity index (χ2v) is 10.7. The highest BCUT2D eigenvalue weighted by atomic mass is 16.4. The van der Waals surface area contributed by atoms with Gasteiger partial charge in [-0.2, -0.15) is 0 Å². The fourth-order valence-electron chi connectivity index (χ4n) is 6.40. The second kappa shape index (κ2) is 10.6. The predicted molar refractivity (Wildman–Crippen MR) is 163 cm³/mol. The minimum absolute atomic E-state index is 0.118. The zero-order valence-electron chi connectivity index (χ0n) is 22.8. The molecule has 2 fully saturated rings. The summed E-state index contributed by atoms with van der Waals surface area (Å²) >= 11 is 0. The average Bonchev–Trinajstić information content (AvgIpc) is 3.34. The van der Waals surface area contributed by atoms with Crippen LogP contribution in [-0.4, -0.2) is 56.6 Å². The Morgan fingerprint density at radius 3 is 1.98 bits per heavy atom. The molecule has 2 bridgehead atoms. The first-order chi connectivity index (χ1) is 20.6. The Kier molecular flexibility index (Phi) is 6.51. The van der Waals surface area contributed by atoms with E-state index in [4.69, 9.17) is 9.97 Å². The van der Waals surface area contributed by atoms with Crippen molar-refractivity contribution in [3.05, 3.63) is 115 Å². The molecule has 1 N–H and O–H groups in total. The van der Waals surface area contributed by atoms with Crippen molar-refractivity contribution in [2.24, 2.45) is 0 Å². The zero-order chi connectivity index (χ0) is 28.6. The lowest BCUT2D eigenvalue weighted by Crippen LogP contribution is -2.65. The van der Waals surface area contributed by atoms with Crippen LogP contribution in [0.4, 0.5) is 22.1 Å². The molecule has 3 heterocycles. The summed E-state index contributed by atoms with van der Waals surface area (Å²) in [5.74, 6) is -0.537. The Labute approximate surface area is 243 Å². The molecule has 2 aliphatic heterocycles. The first-order valence-corrected chi connectivity index (χ1v) is 14.1. The monoisotopic (exact) mass is 555 g/mol. The number of anilines is 3. The lowest BCUT2D eigenvalue weighted by Gasteiger charge is -2.46. The van der Waals surface area contributed by atoms with Crippen LogP contribution in [0, 0.1) is 0 Å². The number of aromatic nitrogens is 2. The number of carbonyl (C=O) groups is 2. The van der Waals surface area contributed by atoms with E-state index in [1.54, 1.807) is 4.90 Å². The van der Waals surface area contributed by atoms with Crippen LogP contribution >= 0.6 is 0 Å². The second-order valence-electron chi connectivity index (χ2n) is 10.7. The van der Waals surface area contributed by atoms with E-state index >= 15 is 0 Å². The third-order valence-corrected chi connectivity index (χ3v) is 8.24. The number of nitrogens with zero attached hydrogens (tertiary/aromatic N) is 5. The van der Waals surface area contributed by atoms with Crippen molar-refractivity contribution in [1.29, 1.82) is 0 Å². The molecule has 42 heavy (non-hydrogen) atoms. The van der Waals surface area contributed by atoms with Crippen LogP contribution in [-0.2, 0) is 4.79 Å². The van der Waals surface area contributed by atoms with Crippen molar-refractivity contribution in [2.75, 3.05) is 16.3 Å². The molecule has 1 aromatic heterocycles. The number of likely N-dealkylation sites (tertiary alicyclic amines) is 1. The van der Waals surface area contributed by atoms with E-state index in [1.807, 2.05) is 115 Å². The molecule has 4 aromatic carbocycles. The fraction of sp³-hybridized carbons (Fsp3) is 0.176. The molecule has 5 aromatic rings. The van der Waals surface area contributed by atoms with Gasteiger partial charge in [0.25, 0.3) is 0 Å². The summed E-state index contributed by atoms with van der Waals surface area (Å²) in [6.45, 7) is 0.249. The van der Waals surface area contributed by atoms with Crippen molar-refractivity contribution in [3.8, 4) is 11.3 Å². The SMILES string of the molecule is O=C(O)[C@@H]1[C@H]2CC[C@@H](CN1C(=O)N(c1ccccc1)c1ccccc1)N2c1nc(-c2ccccc2)c2ccccc2n1. The quantitative estimate of drug-likeness (QED) is 0.271. The maximum absolute atomic E-state index is 14.3. The van der Waals surface area contributed by atoms with E-state index in [1.165, 1.54) is 4.90 Å². The molecule has 208 valence electrons. The number of carboxylic acid groups (broad SMARTS) is 1. The van der Waals surface area contributed by atoms with Gasteiger partial charge in [-0.1, -0.05) is 84.9 Å². The molecule has 0 unspecified atom stereocenters. The predicted octanol–water partition coefficient (Wildman–Crippen LogP) is 6.36. The van der Waals surface area contributed by atoms with Gasteiger partial charge in [0.05, 0.1) is 34.7 Å². The number of hydrogen-bond donors (Lipinski definition) is 1. The van der Waals surface area contributed by atoms with Crippen molar-refractivity contribution < 1.29 is 14.7 Å². The summed E-state index contributed by atoms with van der Waals surface area (Å²) in [7, 11) is 0. The smallest absolute Gasteiger partial charge is 0.329 e. The maximum atomic E-state index is 14.3. The Hall–Kier alpha value is -5.24. The Morgan fingerprint density at radius 1 is 0.738 bits per heavy atom. The van der Waals surface area contributed by atoms with Crippen LogP contribution < -0.4 is 9.80 Å². The number of urea groups is 1. The molecule has 0 radical (unpaired) electrons. The molecule has 0 aliphatic carbocycles. The Balaban J connectivity index is 1.29. The van der Waals surface area contributed by atoms with Gasteiger partial charge >= 0.3 is 12.0 Å². The van der Waals surface area contributed by atoms with Crippen molar-refractivity contribution in [1.82, 2.24) is 14.9 Å². The number of benzene rings is 4. The third kappa shape index (κ3) is 4.41. The van der Waals surface area contributed by atoms with E-state index in [2.05, 4.69) is 4.90 Å². The van der Waals surface area contributed by atoms with Crippen molar-refractivity contribution in [2.45, 2.75) is 31.0 Å². The molecule has 7 rings (SSSR count). The molecule has 0 saturated carbocycles. The number of fused-ring (bicyclic) bond motifs is 3. The molecule has 3 atom stereocenters. The van der Waals surface area contributed by atoms with Gasteiger partial charge in [-0.25, -0.2) is 19.6 Å². The molecule has 2 amide bonds. The molecule has 2 aliphatic rings. The van der Waals surface area contributed by atoms with Crippen LogP contribution in [0.15, 0.2) is 115 Å². The van der Waals surface area contributed by atoms with Gasteiger partial charge in [0, 0.05) is 17.5 Å². The number of carboxylic acids is 1. The number of rotatable bonds is 5. The third-order valence-electron chi connectivity index (χ3n) is 8.24. The lowest BCUT2D eigenvalue weighted by molar-refractivity contribution is -0.143. The zero-order valence-corrected chi connectivity index (χ0v) is 22.8. The van der Waals surface area contributed by atoms with Crippen LogP contribution in [0.25, 0.3) is 22.2 Å². The molecular formula is C34H29N5O3. The normalized spacial score (nSPS) is 19.6. The summed E-state index contributed by atoms with van der Waals surface area (Å²) in [5, 5.41) is 11.5. The number of carbonyl (C=O) groups excluding carboxylic acids is 1. The highest BCUT2D eigenvalue weighted by Crippen LogP contribution is 2.40. The molecule has 8 heteroatoms. The average molecular weight is 556 g/mol. The highest BCUT2D eigenvalue weighted by Gasteiger charge is 2.53. The summed E-state index contributed by atoms with van der Waals surface area (Å²) < 4.78 is 0. The van der Waals surface area contributed by atoms with Gasteiger partial charge < -0.3 is 14.9 Å². The van der Waals surface area contributed by atoms with E-state index in [0.717, 1.165) is 28.6 Å². The lowest BCUT2D eigenvalue weighted by atomic mass is 10.0. The minimum Gasteiger partial charge on any atom is -0.480 e. The number of aliphatic carboxylic acids is 1. The summed E-state index contributed by atoms with van der Waals surface area (Å²) in [6.07, 6.45) is 1.37. The van der Waals surface area contributed by atoms with Gasteiger partial charge in [-0.3, -0.25) is 4.90 Å². The molecular weight excluding hydrogens is 526 g/mol. The van der Waals surface area contributed by atoms with Gasteiger partial charge in [-0.05, 0) is 43.2 Å². The first-order valence-electron chi connectivity index (χ1n) is 14.1. The minimum atomic E-state index is -1.07. The van der Waals surface area contributed by atoms with E-state index in [-0.39, 0.29) is 18.6 Å². The van der Waals surface area contributed by atoms with E-state index in [0.29, 0.717) is 23.7 Å². The van der Waals surface area contributed by atoms with Crippen LogP contribution in [0.2, 0.25) is 0 Å². The Bertz CT molecular complexity index is 1710. The van der Waals surface area contributed by atoms with Gasteiger partial charge in [0.2, 0.25) is 5.95 Å². The highest BCUT2D eigenvalue weighted by molar-refractivity contribution is 6.01. The van der Waals surface area contributed by atoms with Crippen molar-refractivity contribution >= 4 is 40.2 Å². The standard InChI is InChI=1S/C34H29N5O3/c40-32(41)31-29-21-20-26(22-37(31)34(42)38(24-14-6-2-7-15-24)25-16-8-3-9-17-25)39(29)33-35-28-19-11-10-18-27(28)30(36-33)23-12-4-1-5-13-23/h1-19,26,29,31H,20-22H2,(H,40,41)/t26-,29+,31-/m0/s1. The molecule has 8 nitrogen and oxygen atoms in total. The van der Waals surface area contributed by atoms with E-state index in [9.17, 15) is 14.7 Å². The molecule has 0 spiro atoms. The number of piperazine rings is 1. The Morgan fingerprint density at radius 2 is 1.33 bits per heavy atom. The van der Waals surface area contributed by atoms with Gasteiger partial charge in [-0.15, -0.1) is 0 Å². The number of para-hydroxylation sites is 3. The van der Waals surface area contributed by atoms with Gasteiger partial charge in [0.1, 0.15) is 0 Å². The van der Waals surface area contributed by atoms with Crippen LogP contribution in [0.5, 0.6) is 0 Å². The topological polar surface area (TPSA) is 89.9 Å². The van der Waals surface area contributed by atoms with Crippen molar-refractivity contribution in [3.63, 3.8) is 0 Å². The maximum Gasteiger partial charge on any atom is 0.329 e.